The van der Waals surface area contributed by atoms with Crippen LogP contribution >= 0.6 is 12.4 Å². The first-order valence-corrected chi connectivity index (χ1v) is 4.10. The van der Waals surface area contributed by atoms with E-state index < -0.39 is 0 Å². The van der Waals surface area contributed by atoms with Gasteiger partial charge in [0.25, 0.3) is 0 Å². The maximum absolute atomic E-state index is 5.32. The summed E-state index contributed by atoms with van der Waals surface area (Å²) < 4.78 is 3.94. The van der Waals surface area contributed by atoms with Crippen molar-refractivity contribution in [3.05, 3.63) is 29.8 Å². The topological polar surface area (TPSA) is 48.2 Å². The molecule has 0 fully saturated rings. The Hall–Kier alpha value is -1.42. The first kappa shape index (κ1) is 10.7. The van der Waals surface area contributed by atoms with E-state index in [4.69, 9.17) is 5.84 Å². The number of hydrogen-bond acceptors (Lipinski definition) is 2. The van der Waals surface area contributed by atoms with Crippen LogP contribution in [0.4, 0.5) is 0 Å². The molecule has 4 nitrogen and oxygen atoms in total. The molecule has 0 aliphatic rings. The highest BCUT2D eigenvalue weighted by molar-refractivity contribution is 5.85. The van der Waals surface area contributed by atoms with E-state index in [0.29, 0.717) is 0 Å². The van der Waals surface area contributed by atoms with E-state index in [1.54, 1.807) is 0 Å². The van der Waals surface area contributed by atoms with E-state index in [1.165, 1.54) is 0 Å². The molecule has 0 unspecified atom stereocenters. The Kier molecular flexibility index (Phi) is 2.86. The minimum Gasteiger partial charge on any atom is -0.321 e. The highest BCUT2D eigenvalue weighted by atomic mass is 35.5. The number of rotatable bonds is 0. The Balaban J connectivity index is 0.000000980. The van der Waals surface area contributed by atoms with E-state index in [9.17, 15) is 0 Å². The molecule has 0 atom stereocenters. The van der Waals surface area contributed by atoms with E-state index in [0.717, 1.165) is 16.4 Å². The van der Waals surface area contributed by atoms with Gasteiger partial charge in [-0.2, -0.15) is 5.10 Å². The van der Waals surface area contributed by atoms with Gasteiger partial charge in [-0.25, -0.2) is 0 Å². The van der Waals surface area contributed by atoms with Crippen LogP contribution in [0, 0.1) is 0 Å². The van der Waals surface area contributed by atoms with Crippen LogP contribution < -0.4 is 11.3 Å². The van der Waals surface area contributed by atoms with Gasteiger partial charge in [0.1, 0.15) is 0 Å². The molecule has 5 heteroatoms. The zero-order valence-electron chi connectivity index (χ0n) is 8.14. The third-order valence-electron chi connectivity index (χ3n) is 2.37. The average molecular weight is 213 g/mol. The Bertz CT molecular complexity index is 509. The Morgan fingerprint density at radius 3 is 2.43 bits per heavy atom. The fourth-order valence-electron chi connectivity index (χ4n) is 1.58. The van der Waals surface area contributed by atoms with Crippen molar-refractivity contribution < 1.29 is 0 Å². The number of para-hydroxylation sites is 1. The molecular formula is C9H13ClN4. The van der Waals surface area contributed by atoms with Crippen molar-refractivity contribution in [3.63, 3.8) is 0 Å². The Morgan fingerprint density at radius 1 is 1.14 bits per heavy atom. The molecule has 0 aliphatic carbocycles. The maximum Gasteiger partial charge on any atom is 0.175 e. The molecule has 0 bridgehead atoms. The molecule has 2 rings (SSSR count). The molecule has 0 saturated carbocycles. The number of hydrogen-bond donors (Lipinski definition) is 1. The lowest BCUT2D eigenvalue weighted by Crippen LogP contribution is -2.20. The Labute approximate surface area is 88.0 Å². The fraction of sp³-hybridized carbons (Fsp3) is 0.222. The van der Waals surface area contributed by atoms with E-state index in [1.807, 2.05) is 47.7 Å². The molecule has 0 aliphatic heterocycles. The lowest BCUT2D eigenvalue weighted by molar-refractivity contribution is 0.584. The summed E-state index contributed by atoms with van der Waals surface area (Å²) in [6, 6.07) is 8.05. The van der Waals surface area contributed by atoms with E-state index in [-0.39, 0.29) is 12.4 Å². The summed E-state index contributed by atoms with van der Waals surface area (Å²) in [4.78, 5) is 0. The van der Waals surface area contributed by atoms with Gasteiger partial charge in [0, 0.05) is 19.5 Å². The van der Waals surface area contributed by atoms with Gasteiger partial charge in [0.15, 0.2) is 5.49 Å². The highest BCUT2D eigenvalue weighted by Gasteiger charge is 2.03. The summed E-state index contributed by atoms with van der Waals surface area (Å²) in [6.07, 6.45) is 0. The molecule has 14 heavy (non-hydrogen) atoms. The highest BCUT2D eigenvalue weighted by Crippen LogP contribution is 2.07. The van der Waals surface area contributed by atoms with E-state index >= 15 is 0 Å². The predicted octanol–water partition coefficient (Wildman–Crippen LogP) is 0.713. The molecule has 1 heterocycles. The van der Waals surface area contributed by atoms with Gasteiger partial charge in [-0.05, 0) is 12.1 Å². The van der Waals surface area contributed by atoms with Crippen molar-refractivity contribution in [1.29, 1.82) is 0 Å². The third-order valence-corrected chi connectivity index (χ3v) is 2.37. The second-order valence-corrected chi connectivity index (χ2v) is 3.02. The normalized spacial score (nSPS) is 11.7. The van der Waals surface area contributed by atoms with Crippen LogP contribution in [0.1, 0.15) is 0 Å². The number of fused-ring (bicyclic) bond motifs is 1. The number of nitrogens with zero attached hydrogens (tertiary/aromatic N) is 3. The summed E-state index contributed by atoms with van der Waals surface area (Å²) >= 11 is 0. The molecule has 2 N–H and O–H groups in total. The van der Waals surface area contributed by atoms with Crippen molar-refractivity contribution in [2.24, 2.45) is 25.0 Å². The van der Waals surface area contributed by atoms with Gasteiger partial charge in [-0.3, -0.25) is 9.36 Å². The van der Waals surface area contributed by atoms with Crippen LogP contribution in [0.5, 0.6) is 0 Å². The van der Waals surface area contributed by atoms with Crippen LogP contribution in [-0.2, 0) is 14.1 Å². The zero-order valence-corrected chi connectivity index (χ0v) is 8.95. The average Bonchev–Trinajstić information content (AvgIpc) is 2.41. The van der Waals surface area contributed by atoms with Crippen LogP contribution in [0.2, 0.25) is 0 Å². The number of halogens is 1. The summed E-state index contributed by atoms with van der Waals surface area (Å²) in [5.41, 5.74) is 1.94. The lowest BCUT2D eigenvalue weighted by Gasteiger charge is -1.99. The molecule has 1 aromatic heterocycles. The van der Waals surface area contributed by atoms with Gasteiger partial charge >= 0.3 is 0 Å². The molecule has 0 saturated heterocycles. The van der Waals surface area contributed by atoms with Crippen molar-refractivity contribution >= 4 is 23.3 Å². The fourth-order valence-corrected chi connectivity index (χ4v) is 1.58. The maximum atomic E-state index is 5.32. The quantitative estimate of drug-likeness (QED) is 0.508. The third kappa shape index (κ3) is 1.28. The molecular weight excluding hydrogens is 200 g/mol. The SMILES string of the molecule is Cl.Cn1/c(=N\N)c2ccccc2n1C. The molecule has 1 aromatic carbocycles. The van der Waals surface area contributed by atoms with Crippen molar-refractivity contribution in [1.82, 2.24) is 9.36 Å². The van der Waals surface area contributed by atoms with Crippen molar-refractivity contribution in [2.45, 2.75) is 0 Å². The summed E-state index contributed by atoms with van der Waals surface area (Å²) in [7, 11) is 3.92. The van der Waals surface area contributed by atoms with Gasteiger partial charge in [-0.15, -0.1) is 12.4 Å². The van der Waals surface area contributed by atoms with Gasteiger partial charge in [-0.1, -0.05) is 12.1 Å². The zero-order chi connectivity index (χ0) is 9.42. The number of nitrogens with two attached hydrogens (primary N) is 1. The molecule has 2 aromatic rings. The smallest absolute Gasteiger partial charge is 0.175 e. The summed E-state index contributed by atoms with van der Waals surface area (Å²) in [5, 5.41) is 4.84. The minimum atomic E-state index is 0. The molecule has 0 radical (unpaired) electrons. The first-order valence-electron chi connectivity index (χ1n) is 4.10. The number of aromatic nitrogens is 2. The van der Waals surface area contributed by atoms with Crippen molar-refractivity contribution in [2.75, 3.05) is 0 Å². The van der Waals surface area contributed by atoms with Gasteiger partial charge in [0.05, 0.1) is 5.52 Å². The van der Waals surface area contributed by atoms with Gasteiger partial charge in [0.2, 0.25) is 0 Å². The number of aryl methyl sites for hydroxylation is 1. The summed E-state index contributed by atoms with van der Waals surface area (Å²) in [5.74, 6) is 5.32. The second kappa shape index (κ2) is 3.75. The monoisotopic (exact) mass is 212 g/mol. The first-order chi connectivity index (χ1) is 6.25. The largest absolute Gasteiger partial charge is 0.321 e. The molecule has 0 amide bonds. The minimum absolute atomic E-state index is 0. The van der Waals surface area contributed by atoms with Crippen LogP contribution in [0.25, 0.3) is 10.9 Å². The molecule has 76 valence electrons. The van der Waals surface area contributed by atoms with Crippen LogP contribution in [0.3, 0.4) is 0 Å². The predicted molar refractivity (Wildman–Crippen MR) is 58.9 cm³/mol. The lowest BCUT2D eigenvalue weighted by atomic mass is 10.2. The standard InChI is InChI=1S/C9H12N4.ClH/c1-12-8-6-4-3-5-7(8)9(11-10)13(12)2;/h3-6H,10H2,1-2H3;1H/b11-9-;. The van der Waals surface area contributed by atoms with Crippen LogP contribution in [0.15, 0.2) is 29.4 Å². The van der Waals surface area contributed by atoms with Gasteiger partial charge < -0.3 is 5.84 Å². The van der Waals surface area contributed by atoms with E-state index in [2.05, 4.69) is 5.10 Å². The van der Waals surface area contributed by atoms with Crippen molar-refractivity contribution in [3.8, 4) is 0 Å². The summed E-state index contributed by atoms with van der Waals surface area (Å²) in [6.45, 7) is 0. The second-order valence-electron chi connectivity index (χ2n) is 3.02. The number of benzene rings is 1. The Morgan fingerprint density at radius 2 is 1.79 bits per heavy atom. The van der Waals surface area contributed by atoms with Crippen LogP contribution in [-0.4, -0.2) is 9.36 Å². The molecule has 0 spiro atoms.